The number of carbonyl (C=O) groups excluding carboxylic acids is 2. The van der Waals surface area contributed by atoms with E-state index in [1.807, 2.05) is 13.8 Å². The van der Waals surface area contributed by atoms with Crippen molar-refractivity contribution in [2.45, 2.75) is 19.0 Å². The molecule has 2 aromatic heterocycles. The van der Waals surface area contributed by atoms with Crippen molar-refractivity contribution >= 4 is 46.2 Å². The fourth-order valence-electron chi connectivity index (χ4n) is 2.52. The second-order valence-corrected chi connectivity index (χ2v) is 6.67. The Kier molecular flexibility index (Phi) is 5.31. The number of benzene rings is 1. The molecule has 140 valence electrons. The molecule has 3 N–H and O–H groups in total. The molecule has 0 aliphatic carbocycles. The van der Waals surface area contributed by atoms with E-state index >= 15 is 0 Å². The van der Waals surface area contributed by atoms with E-state index in [-0.39, 0.29) is 17.2 Å². The smallest absolute Gasteiger partial charge is 0.339 e. The summed E-state index contributed by atoms with van der Waals surface area (Å²) in [4.78, 5) is 32.6. The molecule has 0 aliphatic rings. The summed E-state index contributed by atoms with van der Waals surface area (Å²) >= 11 is 1.12. The third-order valence-corrected chi connectivity index (χ3v) is 4.82. The number of methoxy groups -OCH3 is 1. The van der Waals surface area contributed by atoms with Gasteiger partial charge in [-0.2, -0.15) is 4.98 Å². The Balaban J connectivity index is 1.72. The zero-order valence-corrected chi connectivity index (χ0v) is 15.8. The number of nitrogens with one attached hydrogen (secondary N) is 1. The van der Waals surface area contributed by atoms with Crippen molar-refractivity contribution in [2.24, 2.45) is 0 Å². The minimum atomic E-state index is -0.524. The van der Waals surface area contributed by atoms with Gasteiger partial charge in [0.15, 0.2) is 5.16 Å². The SMILES string of the molecule is COC(=O)c1ccccc1NC(=O)CSc1nc(N)c2c(C)c(C)oc2n1. The van der Waals surface area contributed by atoms with Crippen molar-refractivity contribution in [1.29, 1.82) is 0 Å². The second-order valence-electron chi connectivity index (χ2n) is 5.73. The predicted octanol–water partition coefficient (Wildman–Crippen LogP) is 2.94. The fourth-order valence-corrected chi connectivity index (χ4v) is 3.16. The maximum absolute atomic E-state index is 12.3. The summed E-state index contributed by atoms with van der Waals surface area (Å²) in [5.74, 6) is 0.242. The van der Waals surface area contributed by atoms with E-state index in [1.165, 1.54) is 7.11 Å². The molecule has 27 heavy (non-hydrogen) atoms. The normalized spacial score (nSPS) is 10.8. The first-order valence-electron chi connectivity index (χ1n) is 8.04. The van der Waals surface area contributed by atoms with Crippen LogP contribution in [-0.2, 0) is 9.53 Å². The molecule has 0 unspecified atom stereocenters. The molecule has 1 amide bonds. The van der Waals surface area contributed by atoms with Gasteiger partial charge in [0.2, 0.25) is 11.6 Å². The number of hydrogen-bond acceptors (Lipinski definition) is 8. The molecular weight excluding hydrogens is 368 g/mol. The maximum Gasteiger partial charge on any atom is 0.339 e. The molecule has 3 rings (SSSR count). The average Bonchev–Trinajstić information content (AvgIpc) is 2.94. The van der Waals surface area contributed by atoms with Gasteiger partial charge >= 0.3 is 5.97 Å². The number of nitrogen functional groups attached to an aromatic ring is 1. The Bertz CT molecular complexity index is 1030. The number of furan rings is 1. The predicted molar refractivity (Wildman–Crippen MR) is 103 cm³/mol. The van der Waals surface area contributed by atoms with Gasteiger partial charge in [-0.05, 0) is 26.0 Å². The Morgan fingerprint density at radius 1 is 1.26 bits per heavy atom. The topological polar surface area (TPSA) is 120 Å². The van der Waals surface area contributed by atoms with Crippen LogP contribution < -0.4 is 11.1 Å². The summed E-state index contributed by atoms with van der Waals surface area (Å²) < 4.78 is 10.3. The first kappa shape index (κ1) is 18.7. The molecule has 8 nitrogen and oxygen atoms in total. The number of esters is 1. The van der Waals surface area contributed by atoms with Crippen LogP contribution in [0.25, 0.3) is 11.1 Å². The van der Waals surface area contributed by atoms with Crippen molar-refractivity contribution in [3.8, 4) is 0 Å². The number of amides is 1. The number of hydrogen-bond donors (Lipinski definition) is 2. The molecule has 1 aromatic carbocycles. The summed E-state index contributed by atoms with van der Waals surface area (Å²) in [5.41, 5.74) is 7.95. The number of anilines is 2. The van der Waals surface area contributed by atoms with Gasteiger partial charge in [0, 0.05) is 5.56 Å². The summed E-state index contributed by atoms with van der Waals surface area (Å²) in [6.07, 6.45) is 0. The number of carbonyl (C=O) groups is 2. The van der Waals surface area contributed by atoms with Crippen LogP contribution in [0.5, 0.6) is 0 Å². The number of aromatic nitrogens is 2. The van der Waals surface area contributed by atoms with E-state index < -0.39 is 5.97 Å². The molecule has 0 bridgehead atoms. The van der Waals surface area contributed by atoms with Crippen LogP contribution in [0.4, 0.5) is 11.5 Å². The minimum Gasteiger partial charge on any atom is -0.465 e. The van der Waals surface area contributed by atoms with Crippen LogP contribution >= 0.6 is 11.8 Å². The van der Waals surface area contributed by atoms with E-state index in [1.54, 1.807) is 24.3 Å². The van der Waals surface area contributed by atoms with Crippen LogP contribution in [0, 0.1) is 13.8 Å². The van der Waals surface area contributed by atoms with Gasteiger partial charge in [0.1, 0.15) is 11.6 Å². The van der Waals surface area contributed by atoms with Crippen LogP contribution in [-0.4, -0.2) is 34.7 Å². The molecule has 0 saturated heterocycles. The van der Waals surface area contributed by atoms with Gasteiger partial charge < -0.3 is 20.2 Å². The molecule has 0 spiro atoms. The van der Waals surface area contributed by atoms with Crippen molar-refractivity contribution in [3.63, 3.8) is 0 Å². The number of aryl methyl sites for hydroxylation is 2. The quantitative estimate of drug-likeness (QED) is 0.390. The Hall–Kier alpha value is -3.07. The number of thioether (sulfide) groups is 1. The highest BCUT2D eigenvalue weighted by atomic mass is 32.2. The number of para-hydroxylation sites is 1. The Morgan fingerprint density at radius 2 is 2.00 bits per heavy atom. The largest absolute Gasteiger partial charge is 0.465 e. The highest BCUT2D eigenvalue weighted by Gasteiger charge is 2.16. The van der Waals surface area contributed by atoms with E-state index in [0.717, 1.165) is 23.1 Å². The van der Waals surface area contributed by atoms with E-state index in [4.69, 9.17) is 14.9 Å². The highest BCUT2D eigenvalue weighted by molar-refractivity contribution is 7.99. The Labute approximate surface area is 159 Å². The Morgan fingerprint density at radius 3 is 2.74 bits per heavy atom. The summed E-state index contributed by atoms with van der Waals surface area (Å²) in [7, 11) is 1.28. The van der Waals surface area contributed by atoms with E-state index in [2.05, 4.69) is 15.3 Å². The molecule has 9 heteroatoms. The second kappa shape index (κ2) is 7.67. The van der Waals surface area contributed by atoms with Gasteiger partial charge in [-0.3, -0.25) is 4.79 Å². The lowest BCUT2D eigenvalue weighted by Crippen LogP contribution is -2.17. The van der Waals surface area contributed by atoms with Crippen LogP contribution in [0.1, 0.15) is 21.7 Å². The summed E-state index contributed by atoms with van der Waals surface area (Å²) in [6.45, 7) is 3.72. The number of ether oxygens (including phenoxy) is 1. The van der Waals surface area contributed by atoms with Gasteiger partial charge in [-0.15, -0.1) is 0 Å². The molecular formula is C18H18N4O4S. The molecule has 0 saturated carbocycles. The lowest BCUT2D eigenvalue weighted by Gasteiger charge is -2.09. The molecule has 3 aromatic rings. The monoisotopic (exact) mass is 386 g/mol. The highest BCUT2D eigenvalue weighted by Crippen LogP contribution is 2.29. The van der Waals surface area contributed by atoms with E-state index in [0.29, 0.717) is 27.8 Å². The van der Waals surface area contributed by atoms with Crippen LogP contribution in [0.2, 0.25) is 0 Å². The van der Waals surface area contributed by atoms with Crippen molar-refractivity contribution in [2.75, 3.05) is 23.9 Å². The lowest BCUT2D eigenvalue weighted by molar-refractivity contribution is -0.113. The van der Waals surface area contributed by atoms with Crippen LogP contribution in [0.3, 0.4) is 0 Å². The zero-order chi connectivity index (χ0) is 19.6. The fraction of sp³-hybridized carbons (Fsp3) is 0.222. The van der Waals surface area contributed by atoms with Gasteiger partial charge in [0.05, 0.1) is 29.5 Å². The van der Waals surface area contributed by atoms with E-state index in [9.17, 15) is 9.59 Å². The number of nitrogens with two attached hydrogens (primary N) is 1. The number of fused-ring (bicyclic) bond motifs is 1. The molecule has 0 aliphatic heterocycles. The molecule has 0 radical (unpaired) electrons. The van der Waals surface area contributed by atoms with Gasteiger partial charge in [0.25, 0.3) is 0 Å². The molecule has 0 atom stereocenters. The first-order chi connectivity index (χ1) is 12.9. The van der Waals surface area contributed by atoms with Crippen molar-refractivity contribution in [1.82, 2.24) is 9.97 Å². The third kappa shape index (κ3) is 3.87. The number of rotatable bonds is 5. The number of nitrogens with zero attached hydrogens (tertiary/aromatic N) is 2. The average molecular weight is 386 g/mol. The third-order valence-electron chi connectivity index (χ3n) is 3.97. The summed E-state index contributed by atoms with van der Waals surface area (Å²) in [5, 5.41) is 3.72. The zero-order valence-electron chi connectivity index (χ0n) is 15.0. The first-order valence-corrected chi connectivity index (χ1v) is 9.02. The van der Waals surface area contributed by atoms with Crippen molar-refractivity contribution < 1.29 is 18.7 Å². The van der Waals surface area contributed by atoms with Gasteiger partial charge in [-0.1, -0.05) is 23.9 Å². The standard InChI is InChI=1S/C18H18N4O4S/c1-9-10(2)26-16-14(9)15(19)21-18(22-16)27-8-13(23)20-12-7-5-4-6-11(12)17(24)25-3/h4-7H,8H2,1-3H3,(H,20,23)(H2,19,21,22). The maximum atomic E-state index is 12.3. The minimum absolute atomic E-state index is 0.0408. The lowest BCUT2D eigenvalue weighted by atomic mass is 10.2. The summed E-state index contributed by atoms with van der Waals surface area (Å²) in [6, 6.07) is 6.61. The van der Waals surface area contributed by atoms with Crippen LogP contribution in [0.15, 0.2) is 33.8 Å². The molecule has 0 fully saturated rings. The molecule has 2 heterocycles. The van der Waals surface area contributed by atoms with Gasteiger partial charge in [-0.25, -0.2) is 9.78 Å². The van der Waals surface area contributed by atoms with Crippen molar-refractivity contribution in [3.05, 3.63) is 41.2 Å².